The number of aryl methyl sites for hydroxylation is 1. The second-order valence-corrected chi connectivity index (χ2v) is 8.10. The van der Waals surface area contributed by atoms with E-state index in [0.29, 0.717) is 14.8 Å². The van der Waals surface area contributed by atoms with Crippen LogP contribution >= 0.6 is 46.1 Å². The molecule has 0 atom stereocenters. The molecular weight excluding hydrogens is 443 g/mol. The van der Waals surface area contributed by atoms with Crippen molar-refractivity contribution in [2.75, 3.05) is 6.61 Å². The Balaban J connectivity index is 2.18. The quantitative estimate of drug-likeness (QED) is 0.501. The Bertz CT molecular complexity index is 1150. The first-order valence-electron chi connectivity index (χ1n) is 8.30. The number of amides is 1. The molecule has 2 aromatic carbocycles. The number of carbonyl (C=O) groups is 2. The van der Waals surface area contributed by atoms with Gasteiger partial charge >= 0.3 is 5.97 Å². The maximum absolute atomic E-state index is 12.7. The minimum absolute atomic E-state index is 0.0878. The van der Waals surface area contributed by atoms with E-state index in [1.807, 2.05) is 13.0 Å². The largest absolute Gasteiger partial charge is 0.465 e. The van der Waals surface area contributed by atoms with Gasteiger partial charge in [-0.05, 0) is 49.7 Å². The maximum atomic E-state index is 12.7. The number of aromatic nitrogens is 1. The fourth-order valence-electron chi connectivity index (χ4n) is 2.69. The molecule has 0 spiro atoms. The molecule has 9 heteroatoms. The highest BCUT2D eigenvalue weighted by atomic mass is 35.5. The zero-order valence-corrected chi connectivity index (χ0v) is 18.0. The van der Waals surface area contributed by atoms with Crippen LogP contribution in [0.1, 0.15) is 22.8 Å². The lowest BCUT2D eigenvalue weighted by Crippen LogP contribution is -2.23. The molecule has 1 amide bonds. The monoisotopic (exact) mass is 456 g/mol. The van der Waals surface area contributed by atoms with Crippen LogP contribution in [0.25, 0.3) is 10.2 Å². The Morgan fingerprint density at radius 3 is 2.57 bits per heavy atom. The summed E-state index contributed by atoms with van der Waals surface area (Å²) in [4.78, 5) is 29.4. The molecule has 0 aliphatic carbocycles. The lowest BCUT2D eigenvalue weighted by molar-refractivity contribution is -0.143. The van der Waals surface area contributed by atoms with E-state index in [1.165, 1.54) is 23.5 Å². The number of rotatable bonds is 4. The van der Waals surface area contributed by atoms with Gasteiger partial charge in [0.2, 0.25) is 0 Å². The molecule has 3 rings (SSSR count). The van der Waals surface area contributed by atoms with Crippen LogP contribution in [0.15, 0.2) is 35.3 Å². The van der Waals surface area contributed by atoms with Crippen molar-refractivity contribution in [1.29, 1.82) is 0 Å². The Hall–Kier alpha value is -1.86. The second kappa shape index (κ2) is 8.66. The van der Waals surface area contributed by atoms with Gasteiger partial charge in [-0.15, -0.1) is 0 Å². The average Bonchev–Trinajstić information content (AvgIpc) is 2.96. The minimum Gasteiger partial charge on any atom is -0.465 e. The first kappa shape index (κ1) is 20.9. The van der Waals surface area contributed by atoms with Crippen LogP contribution in [0.2, 0.25) is 15.1 Å². The van der Waals surface area contributed by atoms with Gasteiger partial charge in [0.25, 0.3) is 5.91 Å². The van der Waals surface area contributed by atoms with Crippen molar-refractivity contribution in [3.05, 3.63) is 61.3 Å². The highest BCUT2D eigenvalue weighted by molar-refractivity contribution is 7.16. The topological polar surface area (TPSA) is 60.7 Å². The number of halogens is 3. The van der Waals surface area contributed by atoms with Crippen LogP contribution in [0.3, 0.4) is 0 Å². The fraction of sp³-hybridized carbons (Fsp3) is 0.211. The highest BCUT2D eigenvalue weighted by Gasteiger charge is 2.16. The van der Waals surface area contributed by atoms with E-state index in [4.69, 9.17) is 39.5 Å². The summed E-state index contributed by atoms with van der Waals surface area (Å²) in [7, 11) is 0. The van der Waals surface area contributed by atoms with Gasteiger partial charge in [-0.2, -0.15) is 4.99 Å². The van der Waals surface area contributed by atoms with Crippen LogP contribution in [0.4, 0.5) is 0 Å². The molecule has 28 heavy (non-hydrogen) atoms. The summed E-state index contributed by atoms with van der Waals surface area (Å²) in [5.41, 5.74) is 1.75. The zero-order chi connectivity index (χ0) is 20.4. The summed E-state index contributed by atoms with van der Waals surface area (Å²) < 4.78 is 7.55. The molecule has 3 aromatic rings. The van der Waals surface area contributed by atoms with Crippen LogP contribution in [-0.4, -0.2) is 23.1 Å². The van der Waals surface area contributed by atoms with E-state index in [-0.39, 0.29) is 23.7 Å². The van der Waals surface area contributed by atoms with Gasteiger partial charge in [-0.3, -0.25) is 9.59 Å². The SMILES string of the molecule is CCOC(=O)Cn1c(=NC(=O)c2ccc(Cl)cc2Cl)sc2ccc(Cl)c(C)c21. The van der Waals surface area contributed by atoms with Gasteiger partial charge in [0.05, 0.1) is 27.4 Å². The molecule has 146 valence electrons. The lowest BCUT2D eigenvalue weighted by atomic mass is 10.2. The summed E-state index contributed by atoms with van der Waals surface area (Å²) in [6.07, 6.45) is 0. The lowest BCUT2D eigenvalue weighted by Gasteiger charge is -2.08. The van der Waals surface area contributed by atoms with E-state index in [9.17, 15) is 9.59 Å². The molecule has 0 aliphatic rings. The number of benzene rings is 2. The first-order valence-corrected chi connectivity index (χ1v) is 10.2. The second-order valence-electron chi connectivity index (χ2n) is 5.84. The Morgan fingerprint density at radius 1 is 1.14 bits per heavy atom. The number of hydrogen-bond donors (Lipinski definition) is 0. The molecular formula is C19H15Cl3N2O3S. The van der Waals surface area contributed by atoms with Gasteiger partial charge in [0.1, 0.15) is 6.54 Å². The van der Waals surface area contributed by atoms with E-state index >= 15 is 0 Å². The maximum Gasteiger partial charge on any atom is 0.326 e. The van der Waals surface area contributed by atoms with Gasteiger partial charge in [0.15, 0.2) is 4.80 Å². The molecule has 0 radical (unpaired) electrons. The summed E-state index contributed by atoms with van der Waals surface area (Å²) in [5.74, 6) is -0.963. The average molecular weight is 458 g/mol. The summed E-state index contributed by atoms with van der Waals surface area (Å²) in [6.45, 7) is 3.75. The fourth-order valence-corrected chi connectivity index (χ4v) is 4.42. The van der Waals surface area contributed by atoms with Gasteiger partial charge in [0, 0.05) is 10.0 Å². The summed E-state index contributed by atoms with van der Waals surface area (Å²) >= 11 is 19.5. The van der Waals surface area contributed by atoms with E-state index < -0.39 is 11.9 Å². The smallest absolute Gasteiger partial charge is 0.326 e. The third kappa shape index (κ3) is 4.25. The van der Waals surface area contributed by atoms with Gasteiger partial charge in [-0.1, -0.05) is 46.1 Å². The summed E-state index contributed by atoms with van der Waals surface area (Å²) in [5, 5.41) is 1.19. The van der Waals surface area contributed by atoms with Crippen LogP contribution in [0, 0.1) is 6.92 Å². The van der Waals surface area contributed by atoms with E-state index in [0.717, 1.165) is 15.8 Å². The molecule has 0 saturated carbocycles. The number of nitrogens with zero attached hydrogens (tertiary/aromatic N) is 2. The first-order chi connectivity index (χ1) is 13.3. The number of fused-ring (bicyclic) bond motifs is 1. The number of ether oxygens (including phenoxy) is 1. The Morgan fingerprint density at radius 2 is 1.89 bits per heavy atom. The number of carbonyl (C=O) groups excluding carboxylic acids is 2. The molecule has 0 bridgehead atoms. The van der Waals surface area contributed by atoms with Gasteiger partial charge in [-0.25, -0.2) is 0 Å². The van der Waals surface area contributed by atoms with E-state index in [1.54, 1.807) is 23.6 Å². The third-order valence-electron chi connectivity index (χ3n) is 3.98. The molecule has 5 nitrogen and oxygen atoms in total. The van der Waals surface area contributed by atoms with Crippen molar-refractivity contribution in [2.24, 2.45) is 4.99 Å². The molecule has 0 saturated heterocycles. The number of hydrogen-bond acceptors (Lipinski definition) is 4. The molecule has 0 aliphatic heterocycles. The summed E-state index contributed by atoms with van der Waals surface area (Å²) in [6, 6.07) is 8.16. The molecule has 0 fully saturated rings. The molecule has 0 unspecified atom stereocenters. The standard InChI is InChI=1S/C19H15Cl3N2O3S/c1-3-27-16(25)9-24-17-10(2)13(21)6-7-15(17)28-19(24)23-18(26)12-5-4-11(20)8-14(12)22/h4-8H,3,9H2,1-2H3. The molecule has 1 heterocycles. The van der Waals surface area contributed by atoms with Crippen molar-refractivity contribution >= 4 is 68.2 Å². The normalized spacial score (nSPS) is 11.8. The Labute approximate surface area is 180 Å². The number of esters is 1. The van der Waals surface area contributed by atoms with Crippen molar-refractivity contribution in [3.8, 4) is 0 Å². The number of thiazole rings is 1. The molecule has 0 N–H and O–H groups in total. The Kier molecular flexibility index (Phi) is 6.45. The minimum atomic E-state index is -0.533. The van der Waals surface area contributed by atoms with Gasteiger partial charge < -0.3 is 9.30 Å². The van der Waals surface area contributed by atoms with Crippen LogP contribution < -0.4 is 4.80 Å². The van der Waals surface area contributed by atoms with E-state index in [2.05, 4.69) is 4.99 Å². The van der Waals surface area contributed by atoms with Crippen molar-refractivity contribution in [3.63, 3.8) is 0 Å². The zero-order valence-electron chi connectivity index (χ0n) is 15.0. The molecule has 1 aromatic heterocycles. The van der Waals surface area contributed by atoms with Crippen molar-refractivity contribution in [1.82, 2.24) is 4.57 Å². The highest BCUT2D eigenvalue weighted by Crippen LogP contribution is 2.27. The van der Waals surface area contributed by atoms with Crippen molar-refractivity contribution < 1.29 is 14.3 Å². The van der Waals surface area contributed by atoms with Crippen LogP contribution in [0.5, 0.6) is 0 Å². The third-order valence-corrected chi connectivity index (χ3v) is 5.98. The van der Waals surface area contributed by atoms with Crippen LogP contribution in [-0.2, 0) is 16.1 Å². The van der Waals surface area contributed by atoms with Crippen molar-refractivity contribution in [2.45, 2.75) is 20.4 Å². The predicted molar refractivity (Wildman–Crippen MR) is 113 cm³/mol. The predicted octanol–water partition coefficient (Wildman–Crippen LogP) is 5.28.